The number of nitrogens with two attached hydrogens (primary N) is 1. The molecule has 1 rings (SSSR count). The maximum absolute atomic E-state index is 8.68. The van der Waals surface area contributed by atoms with E-state index in [2.05, 4.69) is 16.4 Å². The third-order valence-corrected chi connectivity index (χ3v) is 2.33. The van der Waals surface area contributed by atoms with Crippen LogP contribution in [0, 0.1) is 11.3 Å². The summed E-state index contributed by atoms with van der Waals surface area (Å²) in [4.78, 5) is 4.22. The predicted octanol–water partition coefficient (Wildman–Crippen LogP) is 1.62. The van der Waals surface area contributed by atoms with E-state index in [0.29, 0.717) is 24.7 Å². The van der Waals surface area contributed by atoms with Crippen LogP contribution in [0.3, 0.4) is 0 Å². The van der Waals surface area contributed by atoms with Crippen LogP contribution in [0.2, 0.25) is 0 Å². The number of nitrogens with one attached hydrogen (secondary N) is 1. The number of benzene rings is 1. The molecule has 0 aliphatic rings. The molecule has 1 atom stereocenters. The third kappa shape index (κ3) is 6.98. The second kappa shape index (κ2) is 9.58. The van der Waals surface area contributed by atoms with Gasteiger partial charge in [-0.1, -0.05) is 12.1 Å². The Labute approximate surface area is 130 Å². The molecule has 0 amide bonds. The lowest BCUT2D eigenvalue weighted by Gasteiger charge is -2.12. The van der Waals surface area contributed by atoms with E-state index in [-0.39, 0.29) is 30.0 Å². The van der Waals surface area contributed by atoms with E-state index in [1.165, 1.54) is 0 Å². The van der Waals surface area contributed by atoms with Crippen molar-refractivity contribution in [3.05, 3.63) is 35.4 Å². The van der Waals surface area contributed by atoms with Gasteiger partial charge in [0.05, 0.1) is 24.8 Å². The first-order valence-corrected chi connectivity index (χ1v) is 5.70. The Morgan fingerprint density at radius 1 is 1.47 bits per heavy atom. The Hall–Kier alpha value is -1.33. The van der Waals surface area contributed by atoms with Crippen LogP contribution in [0.15, 0.2) is 29.3 Å². The molecule has 0 spiro atoms. The van der Waals surface area contributed by atoms with Gasteiger partial charge in [0.15, 0.2) is 5.96 Å². The number of methoxy groups -OCH3 is 1. The van der Waals surface area contributed by atoms with E-state index in [0.717, 1.165) is 5.56 Å². The van der Waals surface area contributed by atoms with Crippen LogP contribution >= 0.6 is 24.0 Å². The van der Waals surface area contributed by atoms with E-state index in [4.69, 9.17) is 15.7 Å². The van der Waals surface area contributed by atoms with E-state index >= 15 is 0 Å². The van der Waals surface area contributed by atoms with Crippen LogP contribution in [0.5, 0.6) is 0 Å². The maximum atomic E-state index is 8.68. The Morgan fingerprint density at radius 3 is 2.63 bits per heavy atom. The van der Waals surface area contributed by atoms with Gasteiger partial charge in [-0.3, -0.25) is 0 Å². The minimum Gasteiger partial charge on any atom is -0.383 e. The van der Waals surface area contributed by atoms with Crippen molar-refractivity contribution in [2.24, 2.45) is 10.7 Å². The highest BCUT2D eigenvalue weighted by atomic mass is 127. The second-order valence-corrected chi connectivity index (χ2v) is 4.01. The summed E-state index contributed by atoms with van der Waals surface area (Å²) in [6.45, 7) is 3.03. The topological polar surface area (TPSA) is 83.4 Å². The molecule has 1 aromatic carbocycles. The van der Waals surface area contributed by atoms with E-state index < -0.39 is 0 Å². The molecule has 1 aromatic rings. The van der Waals surface area contributed by atoms with Gasteiger partial charge in [-0.05, 0) is 24.6 Å². The normalized spacial score (nSPS) is 12.2. The van der Waals surface area contributed by atoms with Gasteiger partial charge in [-0.2, -0.15) is 5.26 Å². The van der Waals surface area contributed by atoms with Crippen molar-refractivity contribution < 1.29 is 4.74 Å². The van der Waals surface area contributed by atoms with Gasteiger partial charge in [0.1, 0.15) is 0 Å². The summed E-state index contributed by atoms with van der Waals surface area (Å²) in [5.41, 5.74) is 7.39. The first-order valence-electron chi connectivity index (χ1n) is 5.70. The van der Waals surface area contributed by atoms with Crippen LogP contribution in [0.1, 0.15) is 18.1 Å². The standard InChI is InChI=1S/C13H18N4O.HI/c1-10(9-18-2)17-13(15)16-8-12-5-3-11(7-14)4-6-12;/h3-6,10H,8-9H2,1-2H3,(H3,15,16,17);1H. The molecule has 0 radical (unpaired) electrons. The van der Waals surface area contributed by atoms with Crippen LogP contribution < -0.4 is 11.1 Å². The number of aliphatic imine (C=N–C) groups is 1. The fourth-order valence-corrected chi connectivity index (χ4v) is 1.45. The minimum absolute atomic E-state index is 0. The van der Waals surface area contributed by atoms with Crippen LogP contribution in [0.4, 0.5) is 0 Å². The average molecular weight is 374 g/mol. The second-order valence-electron chi connectivity index (χ2n) is 4.01. The number of guanidine groups is 1. The zero-order valence-electron chi connectivity index (χ0n) is 11.1. The van der Waals surface area contributed by atoms with Gasteiger partial charge < -0.3 is 15.8 Å². The number of rotatable bonds is 5. The quantitative estimate of drug-likeness (QED) is 0.466. The van der Waals surface area contributed by atoms with Crippen molar-refractivity contribution in [3.8, 4) is 6.07 Å². The number of halogens is 1. The molecular weight excluding hydrogens is 355 g/mol. The van der Waals surface area contributed by atoms with Crippen molar-refractivity contribution in [1.82, 2.24) is 5.32 Å². The van der Waals surface area contributed by atoms with Crippen LogP contribution in [0.25, 0.3) is 0 Å². The fourth-order valence-electron chi connectivity index (χ4n) is 1.45. The Morgan fingerprint density at radius 2 is 2.11 bits per heavy atom. The first kappa shape index (κ1) is 17.7. The van der Waals surface area contributed by atoms with Crippen molar-refractivity contribution in [1.29, 1.82) is 5.26 Å². The first-order chi connectivity index (χ1) is 8.65. The molecule has 0 bridgehead atoms. The SMILES string of the molecule is COCC(C)NC(N)=NCc1ccc(C#N)cc1.I. The number of hydrogen-bond donors (Lipinski definition) is 2. The van der Waals surface area contributed by atoms with Gasteiger partial charge in [-0.25, -0.2) is 4.99 Å². The molecule has 0 aliphatic heterocycles. The lowest BCUT2D eigenvalue weighted by atomic mass is 10.1. The molecule has 0 saturated heterocycles. The van der Waals surface area contributed by atoms with Gasteiger partial charge in [0.2, 0.25) is 0 Å². The molecule has 104 valence electrons. The molecule has 0 saturated carbocycles. The van der Waals surface area contributed by atoms with Crippen molar-refractivity contribution >= 4 is 29.9 Å². The zero-order valence-corrected chi connectivity index (χ0v) is 13.4. The summed E-state index contributed by atoms with van der Waals surface area (Å²) in [5.74, 6) is 0.393. The van der Waals surface area contributed by atoms with E-state index in [9.17, 15) is 0 Å². The molecule has 0 heterocycles. The molecule has 5 nitrogen and oxygen atoms in total. The molecular formula is C13H19IN4O. The van der Waals surface area contributed by atoms with Crippen molar-refractivity contribution in [2.75, 3.05) is 13.7 Å². The van der Waals surface area contributed by atoms with E-state index in [1.807, 2.05) is 19.1 Å². The van der Waals surface area contributed by atoms with Crippen molar-refractivity contribution in [3.63, 3.8) is 0 Å². The Bertz CT molecular complexity index is 439. The molecule has 1 unspecified atom stereocenters. The summed E-state index contributed by atoms with van der Waals surface area (Å²) in [7, 11) is 1.64. The van der Waals surface area contributed by atoms with Crippen LogP contribution in [-0.2, 0) is 11.3 Å². The zero-order chi connectivity index (χ0) is 13.4. The van der Waals surface area contributed by atoms with Gasteiger partial charge in [0.25, 0.3) is 0 Å². The summed E-state index contributed by atoms with van der Waals surface area (Å²) in [6.07, 6.45) is 0. The number of nitrogens with zero attached hydrogens (tertiary/aromatic N) is 2. The molecule has 6 heteroatoms. The smallest absolute Gasteiger partial charge is 0.189 e. The maximum Gasteiger partial charge on any atom is 0.189 e. The number of ether oxygens (including phenoxy) is 1. The molecule has 0 aliphatic carbocycles. The van der Waals surface area contributed by atoms with Gasteiger partial charge in [0, 0.05) is 13.2 Å². The van der Waals surface area contributed by atoms with Gasteiger partial charge >= 0.3 is 0 Å². The fraction of sp³-hybridized carbons (Fsp3) is 0.385. The third-order valence-electron chi connectivity index (χ3n) is 2.33. The average Bonchev–Trinajstić information content (AvgIpc) is 2.37. The summed E-state index contributed by atoms with van der Waals surface area (Å²) in [5, 5.41) is 11.7. The van der Waals surface area contributed by atoms with Gasteiger partial charge in [-0.15, -0.1) is 24.0 Å². The highest BCUT2D eigenvalue weighted by molar-refractivity contribution is 14.0. The largest absolute Gasteiger partial charge is 0.383 e. The number of nitriles is 1. The molecule has 3 N–H and O–H groups in total. The lowest BCUT2D eigenvalue weighted by Crippen LogP contribution is -2.40. The summed E-state index contributed by atoms with van der Waals surface area (Å²) >= 11 is 0. The highest BCUT2D eigenvalue weighted by Gasteiger charge is 2.01. The molecule has 0 aromatic heterocycles. The molecule has 19 heavy (non-hydrogen) atoms. The number of hydrogen-bond acceptors (Lipinski definition) is 3. The minimum atomic E-state index is 0. The predicted molar refractivity (Wildman–Crippen MR) is 86.4 cm³/mol. The van der Waals surface area contributed by atoms with Crippen molar-refractivity contribution in [2.45, 2.75) is 19.5 Å². The monoisotopic (exact) mass is 374 g/mol. The van der Waals surface area contributed by atoms with E-state index in [1.54, 1.807) is 19.2 Å². The molecule has 0 fully saturated rings. The highest BCUT2D eigenvalue weighted by Crippen LogP contribution is 2.04. The lowest BCUT2D eigenvalue weighted by molar-refractivity contribution is 0.179. The Kier molecular flexibility index (Phi) is 8.91. The van der Waals surface area contributed by atoms with Crippen LogP contribution in [-0.4, -0.2) is 25.7 Å². The summed E-state index contributed by atoms with van der Waals surface area (Å²) in [6, 6.07) is 9.47. The Balaban J connectivity index is 0.00000324. The summed E-state index contributed by atoms with van der Waals surface area (Å²) < 4.78 is 4.99.